The molecule has 0 aliphatic carbocycles. The fourth-order valence-electron chi connectivity index (χ4n) is 8.66. The first-order valence-electron chi connectivity index (χ1n) is 31.4. The minimum absolute atomic E-state index is 0.0299. The Balaban J connectivity index is 5.32. The van der Waals surface area contributed by atoms with Crippen LogP contribution in [0.25, 0.3) is 0 Å². The van der Waals surface area contributed by atoms with Gasteiger partial charge in [0.2, 0.25) is 5.91 Å². The third-order valence-corrected chi connectivity index (χ3v) is 14.5. The van der Waals surface area contributed by atoms with Gasteiger partial charge >= 0.3 is 13.8 Å². The molecule has 9 nitrogen and oxygen atoms in total. The second kappa shape index (κ2) is 55.5. The van der Waals surface area contributed by atoms with E-state index in [4.69, 9.17) is 13.8 Å². The topological polar surface area (TPSA) is 111 Å². The van der Waals surface area contributed by atoms with E-state index in [1.54, 1.807) is 0 Å². The van der Waals surface area contributed by atoms with Gasteiger partial charge in [-0.15, -0.1) is 0 Å². The number of hydrogen-bond donors (Lipinski definition) is 2. The van der Waals surface area contributed by atoms with Crippen LogP contribution in [0.1, 0.15) is 271 Å². The van der Waals surface area contributed by atoms with Crippen molar-refractivity contribution in [1.29, 1.82) is 0 Å². The molecule has 10 heteroatoms. The van der Waals surface area contributed by atoms with E-state index in [-0.39, 0.29) is 31.5 Å². The number of hydrogen-bond acceptors (Lipinski definition) is 6. The summed E-state index contributed by atoms with van der Waals surface area (Å²) in [5, 5.41) is 3.04. The minimum Gasteiger partial charge on any atom is -0.456 e. The molecule has 0 rings (SSSR count). The maximum atomic E-state index is 13.5. The third-order valence-electron chi connectivity index (χ3n) is 13.6. The van der Waals surface area contributed by atoms with Gasteiger partial charge in [0.05, 0.1) is 33.8 Å². The number of likely N-dealkylation sites (N-methyl/N-ethyl adjacent to an activating group) is 1. The van der Waals surface area contributed by atoms with Gasteiger partial charge in [0.15, 0.2) is 0 Å². The van der Waals surface area contributed by atoms with E-state index < -0.39 is 20.0 Å². The summed E-state index contributed by atoms with van der Waals surface area (Å²) in [4.78, 5) is 37.7. The van der Waals surface area contributed by atoms with Crippen LogP contribution in [0.15, 0.2) is 85.1 Å². The highest BCUT2D eigenvalue weighted by atomic mass is 31.2. The van der Waals surface area contributed by atoms with E-state index in [9.17, 15) is 19.0 Å². The molecule has 0 aromatic carbocycles. The summed E-state index contributed by atoms with van der Waals surface area (Å²) < 4.78 is 30.7. The SMILES string of the molecule is CCCCC/C=C\C/C=C\C/C=C\C/C=C\CCCCCC(=O)NC(COP(=O)(O)OCC[N+](C)(C)C)C(/C=C/CCCCCCCCCCCC)OC(=O)CCCCCCCCCCC/C=C\C/C=C\CCCCC. The first-order chi connectivity index (χ1) is 36.9. The number of ether oxygens (including phenoxy) is 1. The van der Waals surface area contributed by atoms with E-state index in [0.717, 1.165) is 96.3 Å². The molecular formula is C66H120N2O7P+. The standard InChI is InChI=1S/C66H119N2O7P/c1-7-10-13-16-19-22-25-28-30-32-34-36-38-40-43-46-49-52-55-58-65(69)67-63(62-74-76(71,72)73-61-60-68(4,5)6)64(57-54-51-48-45-42-27-24-21-18-15-12-9-3)75-66(70)59-56-53-50-47-44-41-39-37-35-33-31-29-26-23-20-17-14-11-8-2/h19-20,22-23,28-31,34,36,40,43,54,57,63-64H,7-18,21,24-27,32-33,35,37-39,41-42,44-53,55-56,58-62H2,1-6H3,(H-,67,69,71,72)/p+1/b22-19-,23-20-,30-28-,31-29-,36-34-,43-40-,57-54+. The Bertz CT molecular complexity index is 1580. The van der Waals surface area contributed by atoms with Crippen LogP contribution in [0.2, 0.25) is 0 Å². The van der Waals surface area contributed by atoms with Crippen molar-refractivity contribution in [3.05, 3.63) is 85.1 Å². The first-order valence-corrected chi connectivity index (χ1v) is 32.9. The van der Waals surface area contributed by atoms with E-state index in [0.29, 0.717) is 23.9 Å². The number of unbranched alkanes of at least 4 members (excludes halogenated alkanes) is 28. The summed E-state index contributed by atoms with van der Waals surface area (Å²) in [6, 6.07) is -0.871. The zero-order valence-electron chi connectivity index (χ0n) is 50.2. The summed E-state index contributed by atoms with van der Waals surface area (Å²) in [5.74, 6) is -0.546. The molecule has 0 bridgehead atoms. The maximum Gasteiger partial charge on any atom is 0.472 e. The van der Waals surface area contributed by atoms with Gasteiger partial charge in [-0.2, -0.15) is 0 Å². The number of carbonyl (C=O) groups excluding carboxylic acids is 2. The molecule has 1 amide bonds. The Morgan fingerprint density at radius 3 is 1.24 bits per heavy atom. The third kappa shape index (κ3) is 55.9. The summed E-state index contributed by atoms with van der Waals surface area (Å²) >= 11 is 0. The largest absolute Gasteiger partial charge is 0.472 e. The number of nitrogens with one attached hydrogen (secondary N) is 1. The van der Waals surface area contributed by atoms with Crippen molar-refractivity contribution >= 4 is 19.7 Å². The van der Waals surface area contributed by atoms with Gasteiger partial charge in [-0.05, 0) is 109 Å². The lowest BCUT2D eigenvalue weighted by Gasteiger charge is -2.27. The maximum absolute atomic E-state index is 13.5. The average Bonchev–Trinajstić information content (AvgIpc) is 3.38. The van der Waals surface area contributed by atoms with E-state index >= 15 is 0 Å². The quantitative estimate of drug-likeness (QED) is 0.0205. The number of phosphoric ester groups is 1. The number of amides is 1. The molecule has 0 aromatic rings. The fraction of sp³-hybridized carbons (Fsp3) is 0.758. The van der Waals surface area contributed by atoms with Crippen LogP contribution in [0.4, 0.5) is 0 Å². The second-order valence-corrected chi connectivity index (χ2v) is 23.7. The van der Waals surface area contributed by atoms with Crippen LogP contribution in [0.5, 0.6) is 0 Å². The number of quaternary nitrogens is 1. The molecule has 0 aliphatic rings. The molecule has 76 heavy (non-hydrogen) atoms. The number of carbonyl (C=O) groups is 2. The van der Waals surface area contributed by atoms with Gasteiger partial charge in [0, 0.05) is 12.8 Å². The van der Waals surface area contributed by atoms with Gasteiger partial charge in [-0.1, -0.05) is 235 Å². The van der Waals surface area contributed by atoms with E-state index in [2.05, 4.69) is 99.0 Å². The normalized spacial score (nSPS) is 14.2. The van der Waals surface area contributed by atoms with Crippen LogP contribution in [0.3, 0.4) is 0 Å². The smallest absolute Gasteiger partial charge is 0.456 e. The van der Waals surface area contributed by atoms with Crippen LogP contribution in [-0.4, -0.2) is 74.3 Å². The Labute approximate surface area is 469 Å². The van der Waals surface area contributed by atoms with Gasteiger partial charge < -0.3 is 19.4 Å². The Kier molecular flexibility index (Phi) is 53.5. The first kappa shape index (κ1) is 73.2. The summed E-state index contributed by atoms with van der Waals surface area (Å²) in [5.41, 5.74) is 0. The zero-order valence-corrected chi connectivity index (χ0v) is 51.1. The Morgan fingerprint density at radius 2 is 0.803 bits per heavy atom. The van der Waals surface area contributed by atoms with Gasteiger partial charge in [0.1, 0.15) is 19.3 Å². The molecule has 3 atom stereocenters. The summed E-state index contributed by atoms with van der Waals surface area (Å²) in [6.45, 7) is 6.93. The molecule has 0 heterocycles. The average molecular weight is 1080 g/mol. The van der Waals surface area contributed by atoms with Crippen LogP contribution in [0, 0.1) is 0 Å². The van der Waals surface area contributed by atoms with E-state index in [1.165, 1.54) is 135 Å². The number of rotatable bonds is 56. The minimum atomic E-state index is -4.46. The van der Waals surface area contributed by atoms with E-state index in [1.807, 2.05) is 33.3 Å². The molecule has 0 fully saturated rings. The monoisotopic (exact) mass is 1080 g/mol. The highest BCUT2D eigenvalue weighted by molar-refractivity contribution is 7.47. The van der Waals surface area contributed by atoms with Crippen molar-refractivity contribution in [2.45, 2.75) is 283 Å². The second-order valence-electron chi connectivity index (χ2n) is 22.2. The van der Waals surface area contributed by atoms with Crippen LogP contribution < -0.4 is 5.32 Å². The summed E-state index contributed by atoms with van der Waals surface area (Å²) in [7, 11) is 1.47. The Morgan fingerprint density at radius 1 is 0.461 bits per heavy atom. The molecule has 0 aromatic heterocycles. The predicted molar refractivity (Wildman–Crippen MR) is 328 cm³/mol. The highest BCUT2D eigenvalue weighted by Crippen LogP contribution is 2.43. The Hall–Kier alpha value is -2.81. The van der Waals surface area contributed by atoms with Gasteiger partial charge in [-0.3, -0.25) is 18.6 Å². The molecule has 0 radical (unpaired) electrons. The highest BCUT2D eigenvalue weighted by Gasteiger charge is 2.30. The van der Waals surface area contributed by atoms with Crippen LogP contribution in [-0.2, 0) is 27.9 Å². The lowest BCUT2D eigenvalue weighted by atomic mass is 10.0. The van der Waals surface area contributed by atoms with Gasteiger partial charge in [-0.25, -0.2) is 4.57 Å². The number of allylic oxidation sites excluding steroid dienone is 13. The van der Waals surface area contributed by atoms with Crippen molar-refractivity contribution in [2.24, 2.45) is 0 Å². The van der Waals surface area contributed by atoms with Crippen molar-refractivity contribution in [1.82, 2.24) is 5.32 Å². The van der Waals surface area contributed by atoms with Crippen molar-refractivity contribution in [3.8, 4) is 0 Å². The number of nitrogens with zero attached hydrogens (tertiary/aromatic N) is 1. The van der Waals surface area contributed by atoms with Crippen molar-refractivity contribution < 1.29 is 37.3 Å². The molecular weight excluding hydrogens is 964 g/mol. The number of esters is 1. The lowest BCUT2D eigenvalue weighted by Crippen LogP contribution is -2.47. The molecule has 3 unspecified atom stereocenters. The van der Waals surface area contributed by atoms with Gasteiger partial charge in [0.25, 0.3) is 0 Å². The van der Waals surface area contributed by atoms with Crippen LogP contribution >= 0.6 is 7.82 Å². The molecule has 0 saturated heterocycles. The molecule has 440 valence electrons. The molecule has 0 saturated carbocycles. The van der Waals surface area contributed by atoms with Crippen molar-refractivity contribution in [3.63, 3.8) is 0 Å². The molecule has 0 spiro atoms. The lowest BCUT2D eigenvalue weighted by molar-refractivity contribution is -0.870. The predicted octanol–water partition coefficient (Wildman–Crippen LogP) is 19.4. The molecule has 2 N–H and O–H groups in total. The van der Waals surface area contributed by atoms with Crippen molar-refractivity contribution in [2.75, 3.05) is 40.9 Å². The number of phosphoric acid groups is 1. The summed E-state index contributed by atoms with van der Waals surface area (Å²) in [6.07, 6.45) is 72.9. The fourth-order valence-corrected chi connectivity index (χ4v) is 9.39. The molecule has 0 aliphatic heterocycles. The zero-order chi connectivity index (χ0) is 55.7.